The quantitative estimate of drug-likeness (QED) is 0.602. The normalized spacial score (nSPS) is 20.6. The van der Waals surface area contributed by atoms with Gasteiger partial charge < -0.3 is 19.3 Å². The predicted molar refractivity (Wildman–Crippen MR) is 129 cm³/mol. The molecule has 1 saturated heterocycles. The van der Waals surface area contributed by atoms with Crippen LogP contribution in [0.5, 0.6) is 0 Å². The van der Waals surface area contributed by atoms with Crippen LogP contribution in [0.25, 0.3) is 10.9 Å². The van der Waals surface area contributed by atoms with Crippen molar-refractivity contribution in [1.82, 2.24) is 14.4 Å². The molecule has 1 atom stereocenters. The number of carbonyl (C=O) groups is 2. The highest BCUT2D eigenvalue weighted by atomic mass is 16.2. The van der Waals surface area contributed by atoms with E-state index in [9.17, 15) is 9.59 Å². The second kappa shape index (κ2) is 7.65. The van der Waals surface area contributed by atoms with E-state index < -0.39 is 0 Å². The minimum Gasteiger partial charge on any atom is -0.349 e. The van der Waals surface area contributed by atoms with E-state index in [4.69, 9.17) is 0 Å². The minimum atomic E-state index is -0.210. The molecule has 3 aliphatic heterocycles. The lowest BCUT2D eigenvalue weighted by molar-refractivity contribution is -0.133. The van der Waals surface area contributed by atoms with Gasteiger partial charge in [0.25, 0.3) is 5.91 Å². The van der Waals surface area contributed by atoms with Gasteiger partial charge in [0.15, 0.2) is 0 Å². The van der Waals surface area contributed by atoms with Crippen LogP contribution in [0, 0.1) is 5.92 Å². The van der Waals surface area contributed by atoms with Gasteiger partial charge in [-0.15, -0.1) is 0 Å². The second-order valence-corrected chi connectivity index (χ2v) is 9.78. The molecule has 170 valence electrons. The summed E-state index contributed by atoms with van der Waals surface area (Å²) in [4.78, 5) is 33.1. The molecule has 0 unspecified atom stereocenters. The fourth-order valence-electron chi connectivity index (χ4n) is 5.97. The zero-order chi connectivity index (χ0) is 22.7. The maximum Gasteiger partial charge on any atom is 0.257 e. The first-order valence-corrected chi connectivity index (χ1v) is 12.0. The fourth-order valence-corrected chi connectivity index (χ4v) is 5.97. The van der Waals surface area contributed by atoms with E-state index in [1.54, 1.807) is 0 Å². The van der Waals surface area contributed by atoms with Crippen molar-refractivity contribution in [3.63, 3.8) is 0 Å². The number of hydrogen-bond acceptors (Lipinski definition) is 3. The summed E-state index contributed by atoms with van der Waals surface area (Å²) in [6, 6.07) is 16.2. The molecule has 0 bridgehead atoms. The van der Waals surface area contributed by atoms with Crippen LogP contribution in [0.3, 0.4) is 0 Å². The van der Waals surface area contributed by atoms with Crippen LogP contribution >= 0.6 is 0 Å². The van der Waals surface area contributed by atoms with E-state index in [0.29, 0.717) is 19.0 Å². The van der Waals surface area contributed by atoms with E-state index in [-0.39, 0.29) is 18.0 Å². The molecule has 6 rings (SSSR count). The second-order valence-electron chi connectivity index (χ2n) is 9.78. The van der Waals surface area contributed by atoms with Crippen molar-refractivity contribution in [2.24, 2.45) is 5.92 Å². The van der Waals surface area contributed by atoms with Gasteiger partial charge in [0.1, 0.15) is 12.7 Å². The molecule has 1 fully saturated rings. The highest BCUT2D eigenvalue weighted by Crippen LogP contribution is 2.44. The van der Waals surface area contributed by atoms with E-state index in [1.165, 1.54) is 10.9 Å². The standard InChI is InChI=1S/C27H30N4O2/c1-18-11-14-29(15-12-18)24(32)17-31-23-10-6-3-7-19(23)20-13-16-30-26(25(20)31)28(2)22-9-5-4-8-21(22)27(30)33/h3-10,18,26H,11-17H2,1-2H3/t26-/m1/s1. The SMILES string of the molecule is CC1CCN(C(=O)Cn2c3c(c4ccccc42)CCN2C(=O)c4ccccc4N(C)[C@@H]32)CC1. The Labute approximate surface area is 194 Å². The van der Waals surface area contributed by atoms with Crippen molar-refractivity contribution < 1.29 is 9.59 Å². The number of para-hydroxylation sites is 2. The van der Waals surface area contributed by atoms with Crippen LogP contribution in [0.2, 0.25) is 0 Å². The molecule has 6 heteroatoms. The number of aromatic nitrogens is 1. The lowest BCUT2D eigenvalue weighted by Gasteiger charge is -2.46. The van der Waals surface area contributed by atoms with Crippen LogP contribution in [0.1, 0.15) is 47.5 Å². The number of likely N-dealkylation sites (tertiary alicyclic amines) is 1. The summed E-state index contributed by atoms with van der Waals surface area (Å²) in [5.41, 5.74) is 5.14. The Kier molecular flexibility index (Phi) is 4.71. The Hall–Kier alpha value is -3.28. The third-order valence-corrected chi connectivity index (χ3v) is 7.83. The van der Waals surface area contributed by atoms with Crippen molar-refractivity contribution in [3.05, 3.63) is 65.4 Å². The average molecular weight is 443 g/mol. The van der Waals surface area contributed by atoms with Crippen molar-refractivity contribution in [3.8, 4) is 0 Å². The molecule has 6 nitrogen and oxygen atoms in total. The van der Waals surface area contributed by atoms with Crippen molar-refractivity contribution in [2.45, 2.75) is 38.9 Å². The third-order valence-electron chi connectivity index (χ3n) is 7.83. The van der Waals surface area contributed by atoms with Gasteiger partial charge in [-0.25, -0.2) is 0 Å². The molecule has 2 amide bonds. The Morgan fingerprint density at radius 1 is 1.00 bits per heavy atom. The largest absolute Gasteiger partial charge is 0.349 e. The number of anilines is 1. The van der Waals surface area contributed by atoms with Gasteiger partial charge in [-0.2, -0.15) is 0 Å². The molecule has 0 aliphatic carbocycles. The smallest absolute Gasteiger partial charge is 0.257 e. The number of nitrogens with zero attached hydrogens (tertiary/aromatic N) is 4. The lowest BCUT2D eigenvalue weighted by atomic mass is 9.96. The van der Waals surface area contributed by atoms with Gasteiger partial charge in [-0.05, 0) is 48.9 Å². The predicted octanol–water partition coefficient (Wildman–Crippen LogP) is 4.05. The molecular weight excluding hydrogens is 412 g/mol. The Morgan fingerprint density at radius 2 is 1.73 bits per heavy atom. The molecule has 0 radical (unpaired) electrons. The number of rotatable bonds is 2. The summed E-state index contributed by atoms with van der Waals surface area (Å²) in [7, 11) is 2.06. The summed E-state index contributed by atoms with van der Waals surface area (Å²) in [6.07, 6.45) is 2.73. The number of piperidine rings is 1. The highest BCUT2D eigenvalue weighted by molar-refractivity contribution is 6.02. The highest BCUT2D eigenvalue weighted by Gasteiger charge is 2.43. The van der Waals surface area contributed by atoms with Crippen molar-refractivity contribution in [2.75, 3.05) is 31.6 Å². The van der Waals surface area contributed by atoms with Crippen LogP contribution in [-0.2, 0) is 17.8 Å². The summed E-state index contributed by atoms with van der Waals surface area (Å²) in [5.74, 6) is 0.935. The molecule has 2 aromatic carbocycles. The lowest BCUT2D eigenvalue weighted by Crippen LogP contribution is -2.51. The number of fused-ring (bicyclic) bond motifs is 6. The van der Waals surface area contributed by atoms with Gasteiger partial charge >= 0.3 is 0 Å². The summed E-state index contributed by atoms with van der Waals surface area (Å²) >= 11 is 0. The molecule has 3 aliphatic rings. The van der Waals surface area contributed by atoms with Crippen LogP contribution < -0.4 is 4.90 Å². The molecule has 4 heterocycles. The van der Waals surface area contributed by atoms with E-state index in [0.717, 1.165) is 54.8 Å². The number of benzene rings is 2. The zero-order valence-electron chi connectivity index (χ0n) is 19.3. The van der Waals surface area contributed by atoms with E-state index in [1.807, 2.05) is 40.1 Å². The molecule has 0 saturated carbocycles. The van der Waals surface area contributed by atoms with E-state index in [2.05, 4.69) is 41.6 Å². The maximum atomic E-state index is 13.4. The number of amides is 2. The monoisotopic (exact) mass is 442 g/mol. The zero-order valence-corrected chi connectivity index (χ0v) is 19.3. The van der Waals surface area contributed by atoms with Crippen LogP contribution in [0.4, 0.5) is 5.69 Å². The first kappa shape index (κ1) is 20.3. The average Bonchev–Trinajstić information content (AvgIpc) is 3.16. The first-order valence-electron chi connectivity index (χ1n) is 12.0. The Bertz CT molecular complexity index is 1250. The third kappa shape index (κ3) is 3.07. The number of carbonyl (C=O) groups excluding carboxylic acids is 2. The molecule has 33 heavy (non-hydrogen) atoms. The summed E-state index contributed by atoms with van der Waals surface area (Å²) < 4.78 is 2.19. The maximum absolute atomic E-state index is 13.4. The number of hydrogen-bond donors (Lipinski definition) is 0. The molecular formula is C27H30N4O2. The van der Waals surface area contributed by atoms with Crippen molar-refractivity contribution >= 4 is 28.4 Å². The summed E-state index contributed by atoms with van der Waals surface area (Å²) in [5, 5.41) is 1.20. The first-order chi connectivity index (χ1) is 16.0. The van der Waals surface area contributed by atoms with Crippen LogP contribution in [0.15, 0.2) is 48.5 Å². The van der Waals surface area contributed by atoms with E-state index >= 15 is 0 Å². The molecule has 1 aromatic heterocycles. The topological polar surface area (TPSA) is 48.8 Å². The summed E-state index contributed by atoms with van der Waals surface area (Å²) in [6.45, 7) is 4.94. The van der Waals surface area contributed by atoms with Crippen LogP contribution in [-0.4, -0.2) is 52.9 Å². The molecule has 3 aromatic rings. The van der Waals surface area contributed by atoms with Gasteiger partial charge in [0.2, 0.25) is 5.91 Å². The van der Waals surface area contributed by atoms with Gasteiger partial charge in [-0.1, -0.05) is 37.3 Å². The van der Waals surface area contributed by atoms with Gasteiger partial charge in [0.05, 0.1) is 16.9 Å². The minimum absolute atomic E-state index is 0.0764. The molecule has 0 spiro atoms. The Morgan fingerprint density at radius 3 is 2.55 bits per heavy atom. The van der Waals surface area contributed by atoms with Gasteiger partial charge in [-0.3, -0.25) is 9.59 Å². The fraction of sp³-hybridized carbons (Fsp3) is 0.407. The Balaban J connectivity index is 1.47. The van der Waals surface area contributed by atoms with Gasteiger partial charge in [0, 0.05) is 37.6 Å². The molecule has 0 N–H and O–H groups in total. The van der Waals surface area contributed by atoms with Crippen molar-refractivity contribution in [1.29, 1.82) is 0 Å².